The molecule has 168 valence electrons. The maximum Gasteiger partial charge on any atom is 0.140 e. The zero-order chi connectivity index (χ0) is 22.6. The van der Waals surface area contributed by atoms with Crippen LogP contribution in [0.1, 0.15) is 104 Å². The smallest absolute Gasteiger partial charge is 0.140 e. The fourth-order valence-corrected chi connectivity index (χ4v) is 30.9. The van der Waals surface area contributed by atoms with Crippen molar-refractivity contribution in [3.05, 3.63) is 0 Å². The van der Waals surface area contributed by atoms with Crippen molar-refractivity contribution in [2.45, 2.75) is 115 Å². The van der Waals surface area contributed by atoms with Gasteiger partial charge in [-0.2, -0.15) is 0 Å². The van der Waals surface area contributed by atoms with Crippen molar-refractivity contribution in [1.29, 1.82) is 0 Å². The number of hydrogen-bond donors (Lipinski definition) is 0. The van der Waals surface area contributed by atoms with Crippen LogP contribution in [0.4, 0.5) is 0 Å². The second kappa shape index (κ2) is 7.63. The molecule has 1 nitrogen and oxygen atoms in total. The van der Waals surface area contributed by atoms with E-state index in [1.807, 2.05) is 0 Å². The summed E-state index contributed by atoms with van der Waals surface area (Å²) in [4.78, 5) is 0. The first-order valence-electron chi connectivity index (χ1n) is 11.7. The Morgan fingerprint density at radius 3 is 1.32 bits per heavy atom. The molecule has 0 N–H and O–H groups in total. The lowest BCUT2D eigenvalue weighted by molar-refractivity contribution is -0.176. The summed E-state index contributed by atoms with van der Waals surface area (Å²) in [7, 11) is -0.700. The fourth-order valence-electron chi connectivity index (χ4n) is 6.02. The van der Waals surface area contributed by atoms with Gasteiger partial charge in [0.2, 0.25) is 0 Å². The van der Waals surface area contributed by atoms with E-state index in [1.165, 1.54) is 6.04 Å². The Morgan fingerprint density at radius 2 is 0.964 bits per heavy atom. The van der Waals surface area contributed by atoms with Gasteiger partial charge in [-0.25, -0.2) is 0 Å². The Bertz CT molecular complexity index is 545. The molecule has 1 fully saturated rings. The molecule has 28 heavy (non-hydrogen) atoms. The lowest BCUT2D eigenvalue weighted by Gasteiger charge is -2.68. The van der Waals surface area contributed by atoms with Gasteiger partial charge in [-0.1, -0.05) is 104 Å². The molecule has 0 amide bonds. The van der Waals surface area contributed by atoms with Crippen molar-refractivity contribution in [2.75, 3.05) is 6.61 Å². The maximum atomic E-state index is 5.93. The van der Waals surface area contributed by atoms with Crippen LogP contribution in [-0.4, -0.2) is 32.8 Å². The molecule has 0 spiro atoms. The van der Waals surface area contributed by atoms with E-state index in [1.54, 1.807) is 0 Å². The van der Waals surface area contributed by atoms with Crippen LogP contribution < -0.4 is 0 Å². The molecule has 1 heterocycles. The van der Waals surface area contributed by atoms with Crippen molar-refractivity contribution in [3.8, 4) is 0 Å². The van der Waals surface area contributed by atoms with Gasteiger partial charge < -0.3 is 4.43 Å². The molecule has 1 saturated heterocycles. The van der Waals surface area contributed by atoms with Crippen LogP contribution in [0.15, 0.2) is 0 Å². The first kappa shape index (κ1) is 26.6. The second-order valence-electron chi connectivity index (χ2n) is 14.0. The Labute approximate surface area is 184 Å². The van der Waals surface area contributed by atoms with Gasteiger partial charge in [0, 0.05) is 23.5 Å². The van der Waals surface area contributed by atoms with Gasteiger partial charge in [0.25, 0.3) is 0 Å². The third-order valence-electron chi connectivity index (χ3n) is 12.0. The molecule has 1 aliphatic rings. The van der Waals surface area contributed by atoms with Crippen molar-refractivity contribution in [3.63, 3.8) is 0 Å². The summed E-state index contributed by atoms with van der Waals surface area (Å²) in [5, 5.41) is 0.485. The van der Waals surface area contributed by atoms with E-state index in [0.29, 0.717) is 10.5 Å². The summed E-state index contributed by atoms with van der Waals surface area (Å²) in [5.74, 6) is 0. The van der Waals surface area contributed by atoms with E-state index in [2.05, 4.69) is 104 Å². The molecular weight excluding hydrogens is 389 g/mol. The summed E-state index contributed by atoms with van der Waals surface area (Å²) >= 11 is 0. The molecule has 4 heteroatoms. The van der Waals surface area contributed by atoms with Crippen LogP contribution in [0.25, 0.3) is 0 Å². The summed E-state index contributed by atoms with van der Waals surface area (Å²) < 4.78 is 5.93. The summed E-state index contributed by atoms with van der Waals surface area (Å²) in [5.41, 5.74) is 1.38. The normalized spacial score (nSPS) is 23.5. The predicted molar refractivity (Wildman–Crippen MR) is 137 cm³/mol. The summed E-state index contributed by atoms with van der Waals surface area (Å²) in [6.07, 6.45) is 0. The zero-order valence-corrected chi connectivity index (χ0v) is 26.3. The Hall–Kier alpha value is 0.611. The zero-order valence-electron chi connectivity index (χ0n) is 22.3. The maximum absolute atomic E-state index is 5.93. The van der Waals surface area contributed by atoms with E-state index in [0.717, 1.165) is 6.61 Å². The molecule has 1 atom stereocenters. The largest absolute Gasteiger partial charge is 0.428 e. The molecule has 0 aliphatic carbocycles. The molecule has 0 aromatic heterocycles. The number of hydrogen-bond acceptors (Lipinski definition) is 1. The van der Waals surface area contributed by atoms with Crippen LogP contribution in [0.5, 0.6) is 0 Å². The molecule has 1 aliphatic heterocycles. The molecule has 1 unspecified atom stereocenters. The van der Waals surface area contributed by atoms with Gasteiger partial charge in [0.1, 0.15) is 9.28 Å². The van der Waals surface area contributed by atoms with Gasteiger partial charge in [-0.15, -0.1) is 0 Å². The van der Waals surface area contributed by atoms with Crippen molar-refractivity contribution in [2.24, 2.45) is 32.5 Å². The minimum atomic E-state index is -0.686. The predicted octanol–water partition coefficient (Wildman–Crippen LogP) is 5.87. The third kappa shape index (κ3) is 3.71. The SMILES string of the molecule is CC(C)(C)C(C)(C)C(C)(C)C(C)(C)C(C)(C)C(C)(C)C(C)(C)[SiH]1CCO[SiH2][SiH2]1. The molecule has 0 radical (unpaired) electrons. The minimum Gasteiger partial charge on any atom is -0.428 e. The van der Waals surface area contributed by atoms with Crippen LogP contribution in [0.3, 0.4) is 0 Å². The monoisotopic (exact) mass is 442 g/mol. The first-order valence-corrected chi connectivity index (χ1v) is 20.9. The topological polar surface area (TPSA) is 9.23 Å². The molecule has 0 saturated carbocycles. The van der Waals surface area contributed by atoms with Crippen LogP contribution in [-0.2, 0) is 4.43 Å². The molecule has 0 aromatic carbocycles. The highest BCUT2D eigenvalue weighted by Gasteiger charge is 2.64. The van der Waals surface area contributed by atoms with Crippen LogP contribution in [0, 0.1) is 32.5 Å². The van der Waals surface area contributed by atoms with E-state index >= 15 is 0 Å². The van der Waals surface area contributed by atoms with Crippen LogP contribution >= 0.6 is 0 Å². The van der Waals surface area contributed by atoms with Gasteiger partial charge in [0.15, 0.2) is 0 Å². The van der Waals surface area contributed by atoms with E-state index in [-0.39, 0.29) is 44.9 Å². The highest BCUT2D eigenvalue weighted by atomic mass is 29.5. The van der Waals surface area contributed by atoms with Crippen molar-refractivity contribution in [1.82, 2.24) is 0 Å². The summed E-state index contributed by atoms with van der Waals surface area (Å²) in [6.45, 7) is 39.4. The molecule has 0 aromatic rings. The van der Waals surface area contributed by atoms with Crippen LogP contribution in [0.2, 0.25) is 11.1 Å². The fraction of sp³-hybridized carbons (Fsp3) is 1.00. The standard InChI is InChI=1S/C24H54OSi3/c1-18(2,3)19(4,5)20(6,7)21(8,9)22(10,11)23(12,13)24(14,15)28-17-16-25-26-27-28/h28H,16-17,26-27H2,1-15H3. The van der Waals surface area contributed by atoms with Crippen molar-refractivity contribution >= 4 is 26.1 Å². The average Bonchev–Trinajstić information content (AvgIpc) is 2.53. The third-order valence-corrected chi connectivity index (χ3v) is 33.5. The Kier molecular flexibility index (Phi) is 7.26. The van der Waals surface area contributed by atoms with Gasteiger partial charge in [-0.3, -0.25) is 0 Å². The highest BCUT2D eigenvalue weighted by Crippen LogP contribution is 2.71. The lowest BCUT2D eigenvalue weighted by Crippen LogP contribution is -2.62. The second-order valence-corrected chi connectivity index (χ2v) is 29.9. The van der Waals surface area contributed by atoms with Gasteiger partial charge in [-0.05, 0) is 43.6 Å². The van der Waals surface area contributed by atoms with Crippen molar-refractivity contribution < 1.29 is 4.43 Å². The van der Waals surface area contributed by atoms with E-state index in [9.17, 15) is 0 Å². The number of rotatable bonds is 6. The Balaban J connectivity index is 3.48. The molecule has 1 rings (SSSR count). The minimum absolute atomic E-state index is 0.108. The molecule has 0 bridgehead atoms. The average molecular weight is 443 g/mol. The first-order chi connectivity index (χ1) is 12.1. The lowest BCUT2D eigenvalue weighted by atomic mass is 9.38. The Morgan fingerprint density at radius 1 is 0.571 bits per heavy atom. The molecular formula is C24H54OSi3. The van der Waals surface area contributed by atoms with E-state index in [4.69, 9.17) is 4.43 Å². The van der Waals surface area contributed by atoms with Gasteiger partial charge in [0.05, 0.1) is 0 Å². The van der Waals surface area contributed by atoms with Gasteiger partial charge >= 0.3 is 0 Å². The summed E-state index contributed by atoms with van der Waals surface area (Å²) in [6, 6.07) is 1.43. The van der Waals surface area contributed by atoms with E-state index < -0.39 is 8.31 Å². The highest BCUT2D eigenvalue weighted by molar-refractivity contribution is 7.35. The quantitative estimate of drug-likeness (QED) is 0.468.